The fraction of sp³-hybridized carbons (Fsp3) is 0.167. The smallest absolute Gasteiger partial charge is 0.428 e. The van der Waals surface area contributed by atoms with Gasteiger partial charge in [0.2, 0.25) is 0 Å². The minimum absolute atomic E-state index is 0.0186. The van der Waals surface area contributed by atoms with Gasteiger partial charge in [0.25, 0.3) is 0 Å². The summed E-state index contributed by atoms with van der Waals surface area (Å²) >= 11 is 0. The van der Waals surface area contributed by atoms with E-state index in [9.17, 15) is 27.6 Å². The second-order valence-corrected chi connectivity index (χ2v) is 5.73. The van der Waals surface area contributed by atoms with Gasteiger partial charge in [-0.25, -0.2) is 4.39 Å². The van der Waals surface area contributed by atoms with E-state index in [1.807, 2.05) is 0 Å². The maximum Gasteiger partial charge on any atom is 0.573 e. The highest BCUT2D eigenvalue weighted by Gasteiger charge is 2.31. The van der Waals surface area contributed by atoms with Gasteiger partial charge < -0.3 is 9.94 Å². The van der Waals surface area contributed by atoms with Crippen LogP contribution in [0, 0.1) is 12.7 Å². The quantitative estimate of drug-likeness (QED) is 0.558. The van der Waals surface area contributed by atoms with Gasteiger partial charge >= 0.3 is 6.36 Å². The molecule has 0 aliphatic carbocycles. The van der Waals surface area contributed by atoms with Gasteiger partial charge in [-0.1, -0.05) is 12.1 Å². The molecule has 3 aromatic rings. The molecule has 0 saturated heterocycles. The van der Waals surface area contributed by atoms with Crippen LogP contribution in [0.1, 0.15) is 16.8 Å². The average molecular weight is 367 g/mol. The monoisotopic (exact) mass is 367 g/mol. The second kappa shape index (κ2) is 6.36. The van der Waals surface area contributed by atoms with E-state index in [1.165, 1.54) is 25.1 Å². The summed E-state index contributed by atoms with van der Waals surface area (Å²) in [6.07, 6.45) is -4.73. The summed E-state index contributed by atoms with van der Waals surface area (Å²) in [7, 11) is 0. The molecule has 1 aromatic heterocycles. The van der Waals surface area contributed by atoms with E-state index in [0.717, 1.165) is 29.0 Å². The molecule has 0 spiro atoms. The minimum atomic E-state index is -4.79. The van der Waals surface area contributed by atoms with Crippen LogP contribution in [0.5, 0.6) is 5.75 Å². The maximum absolute atomic E-state index is 13.5. The number of alkyl halides is 3. The van der Waals surface area contributed by atoms with Crippen molar-refractivity contribution >= 4 is 10.9 Å². The number of benzene rings is 2. The molecule has 0 aliphatic rings. The maximum atomic E-state index is 13.5. The normalized spacial score (nSPS) is 11.7. The van der Waals surface area contributed by atoms with Gasteiger partial charge in [-0.2, -0.15) is 4.73 Å². The minimum Gasteiger partial charge on any atom is -0.428 e. The molecule has 0 atom stereocenters. The number of halogens is 4. The molecule has 0 aliphatic heterocycles. The lowest BCUT2D eigenvalue weighted by Crippen LogP contribution is -2.18. The van der Waals surface area contributed by atoms with Crippen molar-refractivity contribution in [3.63, 3.8) is 0 Å². The number of ether oxygens (including phenoxy) is 1. The third-order valence-corrected chi connectivity index (χ3v) is 4.00. The highest BCUT2D eigenvalue weighted by molar-refractivity contribution is 5.80. The Bertz CT molecular complexity index is 1020. The molecule has 1 N–H and O–H groups in total. The number of hydrogen-bond acceptors (Lipinski definition) is 3. The van der Waals surface area contributed by atoms with Crippen LogP contribution in [0.25, 0.3) is 10.9 Å². The zero-order chi connectivity index (χ0) is 19.1. The highest BCUT2D eigenvalue weighted by Crippen LogP contribution is 2.24. The van der Waals surface area contributed by atoms with Crippen molar-refractivity contribution in [3.05, 3.63) is 75.3 Å². The Kier molecular flexibility index (Phi) is 4.35. The third-order valence-electron chi connectivity index (χ3n) is 4.00. The topological polar surface area (TPSA) is 51.5 Å². The summed E-state index contributed by atoms with van der Waals surface area (Å²) in [4.78, 5) is 12.6. The first-order valence-electron chi connectivity index (χ1n) is 7.53. The van der Waals surface area contributed by atoms with Crippen LogP contribution in [0.2, 0.25) is 0 Å². The molecule has 0 unspecified atom stereocenters. The number of nitrogens with zero attached hydrogens (tertiary/aromatic N) is 1. The molecular weight excluding hydrogens is 354 g/mol. The van der Waals surface area contributed by atoms with Crippen molar-refractivity contribution < 1.29 is 27.5 Å². The first-order chi connectivity index (χ1) is 12.2. The van der Waals surface area contributed by atoms with E-state index in [1.54, 1.807) is 0 Å². The summed E-state index contributed by atoms with van der Waals surface area (Å²) < 4.78 is 54.6. The number of aromatic nitrogens is 1. The molecule has 0 saturated carbocycles. The average Bonchev–Trinajstić information content (AvgIpc) is 2.57. The first-order valence-corrected chi connectivity index (χ1v) is 7.53. The Balaban J connectivity index is 2.00. The van der Waals surface area contributed by atoms with E-state index in [2.05, 4.69) is 4.74 Å². The molecule has 0 amide bonds. The van der Waals surface area contributed by atoms with Gasteiger partial charge in [0.1, 0.15) is 11.6 Å². The highest BCUT2D eigenvalue weighted by atomic mass is 19.4. The number of pyridine rings is 1. The molecule has 136 valence electrons. The fourth-order valence-electron chi connectivity index (χ4n) is 2.73. The summed E-state index contributed by atoms with van der Waals surface area (Å²) in [6, 6.07) is 8.51. The van der Waals surface area contributed by atoms with Crippen molar-refractivity contribution in [3.8, 4) is 5.75 Å². The Morgan fingerprint density at radius 3 is 2.38 bits per heavy atom. The Morgan fingerprint density at radius 1 is 1.12 bits per heavy atom. The number of fused-ring (bicyclic) bond motifs is 1. The molecule has 0 fully saturated rings. The molecule has 3 rings (SSSR count). The van der Waals surface area contributed by atoms with Crippen molar-refractivity contribution in [2.24, 2.45) is 0 Å². The van der Waals surface area contributed by atoms with Gasteiger partial charge in [0.05, 0.1) is 16.6 Å². The lowest BCUT2D eigenvalue weighted by atomic mass is 10.0. The lowest BCUT2D eigenvalue weighted by molar-refractivity contribution is -0.274. The Hall–Kier alpha value is -3.03. The first kappa shape index (κ1) is 17.8. The largest absolute Gasteiger partial charge is 0.573 e. The van der Waals surface area contributed by atoms with Crippen LogP contribution in [0.15, 0.2) is 47.3 Å². The van der Waals surface area contributed by atoms with Gasteiger partial charge in [0, 0.05) is 12.0 Å². The summed E-state index contributed by atoms with van der Waals surface area (Å²) in [5, 5.41) is 10.2. The molecule has 1 heterocycles. The van der Waals surface area contributed by atoms with E-state index in [0.29, 0.717) is 5.56 Å². The summed E-state index contributed by atoms with van der Waals surface area (Å²) in [5.74, 6) is -0.990. The van der Waals surface area contributed by atoms with E-state index in [-0.39, 0.29) is 34.3 Å². The predicted octanol–water partition coefficient (Wildman–Crippen LogP) is 4.18. The van der Waals surface area contributed by atoms with Gasteiger partial charge in [0.15, 0.2) is 5.43 Å². The van der Waals surface area contributed by atoms with Crippen LogP contribution in [-0.4, -0.2) is 16.3 Å². The van der Waals surface area contributed by atoms with Gasteiger partial charge in [-0.05, 0) is 42.8 Å². The zero-order valence-electron chi connectivity index (χ0n) is 13.5. The summed E-state index contributed by atoms with van der Waals surface area (Å²) in [6.45, 7) is 1.53. The molecule has 8 heteroatoms. The van der Waals surface area contributed by atoms with E-state index >= 15 is 0 Å². The van der Waals surface area contributed by atoms with Crippen LogP contribution in [0.3, 0.4) is 0 Å². The van der Waals surface area contributed by atoms with E-state index in [4.69, 9.17) is 0 Å². The van der Waals surface area contributed by atoms with Crippen LogP contribution >= 0.6 is 0 Å². The molecule has 0 bridgehead atoms. The van der Waals surface area contributed by atoms with Crippen molar-refractivity contribution in [2.45, 2.75) is 19.7 Å². The Labute approximate surface area is 144 Å². The zero-order valence-corrected chi connectivity index (χ0v) is 13.5. The molecule has 4 nitrogen and oxygen atoms in total. The lowest BCUT2D eigenvalue weighted by Gasteiger charge is -2.13. The van der Waals surface area contributed by atoms with Crippen molar-refractivity contribution in [1.82, 2.24) is 4.73 Å². The number of rotatable bonds is 3. The molecule has 2 aromatic carbocycles. The second-order valence-electron chi connectivity index (χ2n) is 5.73. The van der Waals surface area contributed by atoms with Crippen LogP contribution in [-0.2, 0) is 6.42 Å². The van der Waals surface area contributed by atoms with E-state index < -0.39 is 17.6 Å². The molecular formula is C18H13F4NO3. The van der Waals surface area contributed by atoms with Crippen molar-refractivity contribution in [2.75, 3.05) is 0 Å². The SMILES string of the molecule is Cc1c(Cc2ccc(OC(F)(F)F)cc2)c(=O)c2cc(F)ccc2n1O. The van der Waals surface area contributed by atoms with Crippen molar-refractivity contribution in [1.29, 1.82) is 0 Å². The third kappa shape index (κ3) is 3.49. The molecule has 26 heavy (non-hydrogen) atoms. The fourth-order valence-corrected chi connectivity index (χ4v) is 2.73. The van der Waals surface area contributed by atoms with Gasteiger partial charge in [-0.3, -0.25) is 4.79 Å². The molecule has 0 radical (unpaired) electrons. The predicted molar refractivity (Wildman–Crippen MR) is 86.0 cm³/mol. The summed E-state index contributed by atoms with van der Waals surface area (Å²) in [5.41, 5.74) is 0.750. The van der Waals surface area contributed by atoms with Gasteiger partial charge in [-0.15, -0.1) is 13.2 Å². The number of hydrogen-bond donors (Lipinski definition) is 1. The standard InChI is InChI=1S/C18H13F4NO3/c1-10-14(8-11-2-5-13(6-3-11)26-18(20,21)22)17(24)15-9-12(19)4-7-16(15)23(10)25/h2-7,9,25H,8H2,1H3. The Morgan fingerprint density at radius 2 is 1.77 bits per heavy atom. The van der Waals surface area contributed by atoms with Crippen LogP contribution < -0.4 is 10.2 Å². The van der Waals surface area contributed by atoms with Crippen LogP contribution in [0.4, 0.5) is 17.6 Å².